The number of hydrogen-bond acceptors (Lipinski definition) is 5. The van der Waals surface area contributed by atoms with Gasteiger partial charge in [0.25, 0.3) is 5.56 Å². The van der Waals surface area contributed by atoms with Gasteiger partial charge in [-0.05, 0) is 42.2 Å². The van der Waals surface area contributed by atoms with Crippen molar-refractivity contribution < 1.29 is 4.79 Å². The van der Waals surface area contributed by atoms with Gasteiger partial charge in [-0.25, -0.2) is 4.79 Å². The summed E-state index contributed by atoms with van der Waals surface area (Å²) in [6.07, 6.45) is 0. The van der Waals surface area contributed by atoms with Gasteiger partial charge < -0.3 is 16.0 Å². The molecule has 36 heavy (non-hydrogen) atoms. The number of nitrogens with two attached hydrogens (primary N) is 1. The molecule has 0 aliphatic rings. The maximum Gasteiger partial charge on any atom is 0.330 e. The van der Waals surface area contributed by atoms with Crippen LogP contribution in [0, 0.1) is 13.8 Å². The molecule has 4 aromatic rings. The van der Waals surface area contributed by atoms with Crippen LogP contribution in [0.5, 0.6) is 0 Å². The summed E-state index contributed by atoms with van der Waals surface area (Å²) in [4.78, 5) is 42.8. The number of nitrogens with zero attached hydrogens (tertiary/aromatic N) is 2. The van der Waals surface area contributed by atoms with E-state index in [0.29, 0.717) is 5.69 Å². The summed E-state index contributed by atoms with van der Waals surface area (Å²) in [7, 11) is 0. The van der Waals surface area contributed by atoms with Gasteiger partial charge in [-0.1, -0.05) is 72.8 Å². The number of nitrogens with one attached hydrogen (secondary N) is 2. The van der Waals surface area contributed by atoms with Crippen LogP contribution in [0.4, 0.5) is 17.2 Å². The molecule has 184 valence electrons. The lowest BCUT2D eigenvalue weighted by Gasteiger charge is -2.26. The van der Waals surface area contributed by atoms with Crippen LogP contribution >= 0.6 is 0 Å². The summed E-state index contributed by atoms with van der Waals surface area (Å²) < 4.78 is 1.31. The monoisotopic (exact) mass is 483 g/mol. The normalized spacial score (nSPS) is 10.7. The molecule has 4 rings (SSSR count). The molecule has 0 saturated carbocycles. The molecule has 0 saturated heterocycles. The molecule has 1 aromatic heterocycles. The Labute approximate surface area is 209 Å². The second kappa shape index (κ2) is 10.8. The predicted octanol–water partition coefficient (Wildman–Crippen LogP) is 3.43. The second-order valence-electron chi connectivity index (χ2n) is 8.70. The van der Waals surface area contributed by atoms with Crippen molar-refractivity contribution in [3.63, 3.8) is 0 Å². The topological polar surface area (TPSA) is 113 Å². The molecule has 0 bridgehead atoms. The van der Waals surface area contributed by atoms with E-state index in [0.717, 1.165) is 22.3 Å². The number of hydrogen-bond donors (Lipinski definition) is 3. The van der Waals surface area contributed by atoms with Gasteiger partial charge >= 0.3 is 5.69 Å². The van der Waals surface area contributed by atoms with Gasteiger partial charge in [0.1, 0.15) is 11.5 Å². The second-order valence-corrected chi connectivity index (χ2v) is 8.70. The van der Waals surface area contributed by atoms with Crippen molar-refractivity contribution in [1.29, 1.82) is 0 Å². The van der Waals surface area contributed by atoms with E-state index in [1.165, 1.54) is 4.57 Å². The number of carbonyl (C=O) groups excluding carboxylic acids is 1. The predicted molar refractivity (Wildman–Crippen MR) is 143 cm³/mol. The van der Waals surface area contributed by atoms with Crippen LogP contribution in [-0.4, -0.2) is 22.0 Å². The number of nitrogen functional groups attached to an aromatic ring is 1. The molecule has 3 aromatic carbocycles. The lowest BCUT2D eigenvalue weighted by molar-refractivity contribution is -0.115. The van der Waals surface area contributed by atoms with Gasteiger partial charge in [0, 0.05) is 12.2 Å². The highest BCUT2D eigenvalue weighted by atomic mass is 16.2. The maximum atomic E-state index is 13.1. The number of aromatic amines is 1. The lowest BCUT2D eigenvalue weighted by Crippen LogP contribution is -2.41. The molecular weight excluding hydrogens is 454 g/mol. The highest BCUT2D eigenvalue weighted by Crippen LogP contribution is 2.22. The minimum Gasteiger partial charge on any atom is -0.383 e. The Kier molecular flexibility index (Phi) is 7.34. The largest absolute Gasteiger partial charge is 0.383 e. The molecule has 8 nitrogen and oxygen atoms in total. The van der Waals surface area contributed by atoms with Gasteiger partial charge in [-0.15, -0.1) is 0 Å². The number of amides is 1. The van der Waals surface area contributed by atoms with Crippen LogP contribution < -0.4 is 27.2 Å². The van der Waals surface area contributed by atoms with Crippen LogP contribution in [0.15, 0.2) is 88.5 Å². The first-order chi connectivity index (χ1) is 17.3. The van der Waals surface area contributed by atoms with Crippen LogP contribution in [-0.2, 0) is 17.9 Å². The number of carbonyl (C=O) groups is 1. The third-order valence-electron chi connectivity index (χ3n) is 6.14. The Bertz CT molecular complexity index is 1480. The van der Waals surface area contributed by atoms with E-state index >= 15 is 0 Å². The van der Waals surface area contributed by atoms with E-state index in [-0.39, 0.29) is 37.0 Å². The number of H-pyrrole nitrogens is 1. The first kappa shape index (κ1) is 24.5. The van der Waals surface area contributed by atoms with Crippen molar-refractivity contribution >= 4 is 23.1 Å². The van der Waals surface area contributed by atoms with Crippen LogP contribution in [0.3, 0.4) is 0 Å². The zero-order chi connectivity index (χ0) is 25.7. The van der Waals surface area contributed by atoms with Gasteiger partial charge in [-0.2, -0.15) is 0 Å². The maximum absolute atomic E-state index is 13.1. The minimum absolute atomic E-state index is 0.00284. The number of aromatic nitrogens is 2. The highest BCUT2D eigenvalue weighted by molar-refractivity contribution is 5.95. The lowest BCUT2D eigenvalue weighted by atomic mass is 10.1. The van der Waals surface area contributed by atoms with Crippen LogP contribution in [0.25, 0.3) is 0 Å². The molecule has 0 unspecified atom stereocenters. The van der Waals surface area contributed by atoms with Gasteiger partial charge in [0.2, 0.25) is 5.91 Å². The molecule has 0 fully saturated rings. The standard InChI is InChI=1S/C28H29N5O3/c1-19-10-9-15-23(20(19)2)30-24(34)18-32(16-21-11-5-3-6-12-21)25-26(29)33(28(36)31-27(25)35)17-22-13-7-4-8-14-22/h3-15H,16-18,29H2,1-2H3,(H,30,34)(H,31,35,36). The van der Waals surface area contributed by atoms with Gasteiger partial charge in [0.05, 0.1) is 13.1 Å². The van der Waals surface area contributed by atoms with E-state index < -0.39 is 11.2 Å². The van der Waals surface area contributed by atoms with Crippen molar-refractivity contribution in [3.05, 3.63) is 122 Å². The Morgan fingerprint density at radius 3 is 2.22 bits per heavy atom. The molecule has 0 radical (unpaired) electrons. The summed E-state index contributed by atoms with van der Waals surface area (Å²) in [5.41, 5.74) is 9.72. The molecule has 4 N–H and O–H groups in total. The molecule has 0 aliphatic heterocycles. The van der Waals surface area contributed by atoms with E-state index in [1.54, 1.807) is 4.90 Å². The number of benzene rings is 3. The fraction of sp³-hybridized carbons (Fsp3) is 0.179. The van der Waals surface area contributed by atoms with Gasteiger partial charge in [0.15, 0.2) is 0 Å². The summed E-state index contributed by atoms with van der Waals surface area (Å²) >= 11 is 0. The van der Waals surface area contributed by atoms with Crippen molar-refractivity contribution in [1.82, 2.24) is 9.55 Å². The van der Waals surface area contributed by atoms with Crippen LogP contribution in [0.1, 0.15) is 22.3 Å². The zero-order valence-electron chi connectivity index (χ0n) is 20.3. The average molecular weight is 484 g/mol. The highest BCUT2D eigenvalue weighted by Gasteiger charge is 2.22. The molecule has 8 heteroatoms. The molecule has 0 spiro atoms. The van der Waals surface area contributed by atoms with E-state index in [1.807, 2.05) is 92.7 Å². The third kappa shape index (κ3) is 5.55. The summed E-state index contributed by atoms with van der Waals surface area (Å²) in [6, 6.07) is 24.5. The third-order valence-corrected chi connectivity index (χ3v) is 6.14. The SMILES string of the molecule is Cc1cccc(NC(=O)CN(Cc2ccccc2)c2c(N)n(Cc3ccccc3)c(=O)[nH]c2=O)c1C. The van der Waals surface area contributed by atoms with Crippen molar-refractivity contribution in [3.8, 4) is 0 Å². The Morgan fingerprint density at radius 2 is 1.56 bits per heavy atom. The number of anilines is 3. The Hall–Kier alpha value is -4.59. The Morgan fingerprint density at radius 1 is 0.917 bits per heavy atom. The van der Waals surface area contributed by atoms with Crippen molar-refractivity contribution in [2.24, 2.45) is 0 Å². The van der Waals surface area contributed by atoms with Crippen molar-refractivity contribution in [2.45, 2.75) is 26.9 Å². The number of aryl methyl sites for hydroxylation is 1. The smallest absolute Gasteiger partial charge is 0.330 e. The molecule has 1 heterocycles. The first-order valence-corrected chi connectivity index (χ1v) is 11.6. The quantitative estimate of drug-likeness (QED) is 0.355. The molecule has 1 amide bonds. The van der Waals surface area contributed by atoms with E-state index in [4.69, 9.17) is 5.73 Å². The Balaban J connectivity index is 1.71. The zero-order valence-corrected chi connectivity index (χ0v) is 20.3. The van der Waals surface area contributed by atoms with E-state index in [9.17, 15) is 14.4 Å². The summed E-state index contributed by atoms with van der Waals surface area (Å²) in [5, 5.41) is 2.94. The van der Waals surface area contributed by atoms with Crippen molar-refractivity contribution in [2.75, 3.05) is 22.5 Å². The fourth-order valence-electron chi connectivity index (χ4n) is 4.07. The average Bonchev–Trinajstić information content (AvgIpc) is 2.86. The fourth-order valence-corrected chi connectivity index (χ4v) is 4.07. The molecule has 0 atom stereocenters. The first-order valence-electron chi connectivity index (χ1n) is 11.6. The number of rotatable bonds is 8. The summed E-state index contributed by atoms with van der Waals surface area (Å²) in [6.45, 7) is 4.21. The van der Waals surface area contributed by atoms with E-state index in [2.05, 4.69) is 10.3 Å². The molecular formula is C28H29N5O3. The minimum atomic E-state index is -0.641. The summed E-state index contributed by atoms with van der Waals surface area (Å²) in [5.74, 6) is -0.303. The molecule has 0 aliphatic carbocycles. The van der Waals surface area contributed by atoms with Gasteiger partial charge in [-0.3, -0.25) is 19.1 Å². The van der Waals surface area contributed by atoms with Crippen LogP contribution in [0.2, 0.25) is 0 Å².